The highest BCUT2D eigenvalue weighted by molar-refractivity contribution is 5.94. The van der Waals surface area contributed by atoms with E-state index in [1.54, 1.807) is 19.1 Å². The van der Waals surface area contributed by atoms with Gasteiger partial charge < -0.3 is 15.1 Å². The van der Waals surface area contributed by atoms with Crippen LogP contribution in [0.4, 0.5) is 5.69 Å². The van der Waals surface area contributed by atoms with Crippen LogP contribution < -0.4 is 10.6 Å². The van der Waals surface area contributed by atoms with Crippen LogP contribution in [0.25, 0.3) is 11.5 Å². The van der Waals surface area contributed by atoms with E-state index in [9.17, 15) is 9.59 Å². The lowest BCUT2D eigenvalue weighted by Gasteiger charge is -2.06. The summed E-state index contributed by atoms with van der Waals surface area (Å²) in [7, 11) is 0. The number of anilines is 1. The molecule has 1 aromatic heterocycles. The molecule has 0 radical (unpaired) electrons. The molecule has 6 heteroatoms. The van der Waals surface area contributed by atoms with Crippen LogP contribution in [0.1, 0.15) is 17.0 Å². The maximum absolute atomic E-state index is 12.1. The number of aryl methyl sites for hydroxylation is 2. The van der Waals surface area contributed by atoms with Crippen molar-refractivity contribution in [3.63, 3.8) is 0 Å². The van der Waals surface area contributed by atoms with E-state index in [4.69, 9.17) is 4.42 Å². The first-order valence-corrected chi connectivity index (χ1v) is 8.66. The minimum Gasteiger partial charge on any atom is -0.441 e. The molecule has 0 aliphatic rings. The van der Waals surface area contributed by atoms with Gasteiger partial charge in [0.2, 0.25) is 17.7 Å². The first kappa shape index (κ1) is 18.4. The van der Waals surface area contributed by atoms with Gasteiger partial charge >= 0.3 is 0 Å². The van der Waals surface area contributed by atoms with Crippen molar-refractivity contribution in [2.24, 2.45) is 0 Å². The van der Waals surface area contributed by atoms with E-state index < -0.39 is 0 Å². The molecule has 0 aliphatic heterocycles. The molecule has 3 aromatic rings. The van der Waals surface area contributed by atoms with E-state index in [0.717, 1.165) is 11.1 Å². The van der Waals surface area contributed by atoms with Crippen molar-refractivity contribution in [1.82, 2.24) is 10.3 Å². The summed E-state index contributed by atoms with van der Waals surface area (Å²) < 4.78 is 5.69. The molecule has 27 heavy (non-hydrogen) atoms. The van der Waals surface area contributed by atoms with Crippen molar-refractivity contribution in [2.45, 2.75) is 20.3 Å². The summed E-state index contributed by atoms with van der Waals surface area (Å²) in [5.74, 6) is 0.508. The first-order valence-electron chi connectivity index (χ1n) is 8.66. The van der Waals surface area contributed by atoms with Gasteiger partial charge in [-0.1, -0.05) is 35.9 Å². The highest BCUT2D eigenvalue weighted by atomic mass is 16.4. The van der Waals surface area contributed by atoms with Gasteiger partial charge in [0.15, 0.2) is 0 Å². The van der Waals surface area contributed by atoms with Crippen LogP contribution in [0.15, 0.2) is 59.0 Å². The Morgan fingerprint density at radius 1 is 1.00 bits per heavy atom. The summed E-state index contributed by atoms with van der Waals surface area (Å²) in [6.07, 6.45) is 0.0553. The lowest BCUT2D eigenvalue weighted by molar-refractivity contribution is -0.123. The van der Waals surface area contributed by atoms with Crippen molar-refractivity contribution in [1.29, 1.82) is 0 Å². The van der Waals surface area contributed by atoms with Crippen molar-refractivity contribution < 1.29 is 14.0 Å². The van der Waals surface area contributed by atoms with Gasteiger partial charge in [0, 0.05) is 11.3 Å². The van der Waals surface area contributed by atoms with Crippen LogP contribution in [-0.4, -0.2) is 23.3 Å². The normalized spacial score (nSPS) is 10.4. The number of carbonyl (C=O) groups excluding carboxylic acids is 2. The van der Waals surface area contributed by atoms with Gasteiger partial charge in [0.25, 0.3) is 0 Å². The molecule has 0 atom stereocenters. The van der Waals surface area contributed by atoms with Gasteiger partial charge in [-0.2, -0.15) is 0 Å². The van der Waals surface area contributed by atoms with Gasteiger partial charge in [0.05, 0.1) is 18.7 Å². The van der Waals surface area contributed by atoms with Crippen LogP contribution in [0.5, 0.6) is 0 Å². The highest BCUT2D eigenvalue weighted by Crippen LogP contribution is 2.22. The zero-order valence-electron chi connectivity index (χ0n) is 15.3. The molecule has 0 aliphatic carbocycles. The van der Waals surface area contributed by atoms with Gasteiger partial charge in [-0.25, -0.2) is 4.98 Å². The number of hydrogen-bond donors (Lipinski definition) is 2. The molecular weight excluding hydrogens is 342 g/mol. The number of aromatic nitrogens is 1. The summed E-state index contributed by atoms with van der Waals surface area (Å²) in [6.45, 7) is 3.67. The number of nitrogens with one attached hydrogen (secondary N) is 2. The summed E-state index contributed by atoms with van der Waals surface area (Å²) >= 11 is 0. The van der Waals surface area contributed by atoms with E-state index in [-0.39, 0.29) is 24.8 Å². The monoisotopic (exact) mass is 363 g/mol. The van der Waals surface area contributed by atoms with E-state index >= 15 is 0 Å². The minimum absolute atomic E-state index is 0.0553. The van der Waals surface area contributed by atoms with Crippen molar-refractivity contribution in [3.8, 4) is 11.5 Å². The Morgan fingerprint density at radius 3 is 2.52 bits per heavy atom. The highest BCUT2D eigenvalue weighted by Gasteiger charge is 2.15. The summed E-state index contributed by atoms with van der Waals surface area (Å²) in [4.78, 5) is 28.5. The Kier molecular flexibility index (Phi) is 5.66. The van der Waals surface area contributed by atoms with Crippen molar-refractivity contribution >= 4 is 17.5 Å². The molecule has 2 aromatic carbocycles. The van der Waals surface area contributed by atoms with Gasteiger partial charge in [-0.05, 0) is 38.1 Å². The standard InChI is InChI=1S/C21H21N3O3/c1-14-7-6-8-16(11-14)21-24-18(15(2)27-21)12-19(25)22-13-20(26)23-17-9-4-3-5-10-17/h3-11H,12-13H2,1-2H3,(H,22,25)(H,23,26). The van der Waals surface area contributed by atoms with E-state index in [1.165, 1.54) is 0 Å². The number of benzene rings is 2. The van der Waals surface area contributed by atoms with Crippen molar-refractivity contribution in [3.05, 3.63) is 71.6 Å². The van der Waals surface area contributed by atoms with Gasteiger partial charge in [-0.3, -0.25) is 9.59 Å². The van der Waals surface area contributed by atoms with Crippen LogP contribution >= 0.6 is 0 Å². The molecule has 0 fully saturated rings. The van der Waals surface area contributed by atoms with E-state index in [0.29, 0.717) is 23.0 Å². The minimum atomic E-state index is -0.287. The average molecular weight is 363 g/mol. The molecule has 0 saturated heterocycles. The lowest BCUT2D eigenvalue weighted by atomic mass is 10.1. The number of nitrogens with zero attached hydrogens (tertiary/aromatic N) is 1. The molecule has 0 saturated carbocycles. The van der Waals surface area contributed by atoms with Crippen LogP contribution in [0.2, 0.25) is 0 Å². The van der Waals surface area contributed by atoms with E-state index in [1.807, 2.05) is 49.4 Å². The molecular formula is C21H21N3O3. The van der Waals surface area contributed by atoms with Crippen LogP contribution in [0.3, 0.4) is 0 Å². The smallest absolute Gasteiger partial charge is 0.243 e. The third-order valence-electron chi connectivity index (χ3n) is 3.99. The van der Waals surface area contributed by atoms with Crippen LogP contribution in [-0.2, 0) is 16.0 Å². The molecule has 3 rings (SSSR count). The van der Waals surface area contributed by atoms with E-state index in [2.05, 4.69) is 15.6 Å². The van der Waals surface area contributed by atoms with Gasteiger partial charge in [0.1, 0.15) is 5.76 Å². The molecule has 0 unspecified atom stereocenters. The lowest BCUT2D eigenvalue weighted by Crippen LogP contribution is -2.33. The summed E-state index contributed by atoms with van der Waals surface area (Å²) in [6, 6.07) is 16.9. The Bertz CT molecular complexity index is 948. The average Bonchev–Trinajstić information content (AvgIpc) is 3.01. The summed E-state index contributed by atoms with van der Waals surface area (Å²) in [5, 5.41) is 5.32. The Morgan fingerprint density at radius 2 is 1.78 bits per heavy atom. The largest absolute Gasteiger partial charge is 0.441 e. The molecule has 138 valence electrons. The fourth-order valence-corrected chi connectivity index (χ4v) is 2.61. The Balaban J connectivity index is 1.56. The Hall–Kier alpha value is -3.41. The Labute approximate surface area is 157 Å². The van der Waals surface area contributed by atoms with Crippen LogP contribution in [0, 0.1) is 13.8 Å². The zero-order chi connectivity index (χ0) is 19.2. The fraction of sp³-hybridized carbons (Fsp3) is 0.190. The molecule has 0 spiro atoms. The number of carbonyl (C=O) groups is 2. The first-order chi connectivity index (χ1) is 13.0. The third kappa shape index (κ3) is 5.04. The zero-order valence-corrected chi connectivity index (χ0v) is 15.3. The molecule has 0 bridgehead atoms. The second-order valence-electron chi connectivity index (χ2n) is 6.26. The topological polar surface area (TPSA) is 84.2 Å². The van der Waals surface area contributed by atoms with Crippen molar-refractivity contribution in [2.75, 3.05) is 11.9 Å². The quantitative estimate of drug-likeness (QED) is 0.704. The number of rotatable bonds is 6. The molecule has 6 nitrogen and oxygen atoms in total. The molecule has 1 heterocycles. The third-order valence-corrected chi connectivity index (χ3v) is 3.99. The predicted octanol–water partition coefficient (Wildman–Crippen LogP) is 3.26. The number of hydrogen-bond acceptors (Lipinski definition) is 4. The molecule has 2 N–H and O–H groups in total. The second-order valence-corrected chi connectivity index (χ2v) is 6.26. The molecule has 2 amide bonds. The predicted molar refractivity (Wildman–Crippen MR) is 103 cm³/mol. The maximum atomic E-state index is 12.1. The van der Waals surface area contributed by atoms with Gasteiger partial charge in [-0.15, -0.1) is 0 Å². The number of oxazole rings is 1. The summed E-state index contributed by atoms with van der Waals surface area (Å²) in [5.41, 5.74) is 3.22. The number of para-hydroxylation sites is 1. The maximum Gasteiger partial charge on any atom is 0.243 e. The number of amides is 2. The fourth-order valence-electron chi connectivity index (χ4n) is 2.61. The SMILES string of the molecule is Cc1cccc(-c2nc(CC(=O)NCC(=O)Nc3ccccc3)c(C)o2)c1. The second kappa shape index (κ2) is 8.31.